The van der Waals surface area contributed by atoms with Gasteiger partial charge in [0.05, 0.1) is 11.4 Å². The van der Waals surface area contributed by atoms with Gasteiger partial charge in [-0.25, -0.2) is 4.98 Å². The zero-order valence-corrected chi connectivity index (χ0v) is 12.3. The first-order chi connectivity index (χ1) is 7.97. The van der Waals surface area contributed by atoms with Gasteiger partial charge in [-0.3, -0.25) is 0 Å². The lowest BCUT2D eigenvalue weighted by atomic mass is 10.2. The van der Waals surface area contributed by atoms with Gasteiger partial charge in [0.15, 0.2) is 0 Å². The molecule has 0 aliphatic heterocycles. The minimum Gasteiger partial charge on any atom is -0.331 e. The summed E-state index contributed by atoms with van der Waals surface area (Å²) in [6.45, 7) is 16.3. The van der Waals surface area contributed by atoms with Crippen LogP contribution >= 0.6 is 0 Å². The van der Waals surface area contributed by atoms with E-state index in [9.17, 15) is 0 Å². The van der Waals surface area contributed by atoms with Crippen LogP contribution in [0.4, 0.5) is 0 Å². The van der Waals surface area contributed by atoms with E-state index in [1.54, 1.807) is 0 Å². The molecular weight excluding hydrogens is 208 g/mol. The van der Waals surface area contributed by atoms with Crippen LogP contribution in [0.1, 0.15) is 64.7 Å². The molecule has 0 atom stereocenters. The number of hydrogen-bond donors (Lipinski definition) is 0. The maximum Gasteiger partial charge on any atom is 0.112 e. The van der Waals surface area contributed by atoms with Gasteiger partial charge < -0.3 is 4.57 Å². The molecule has 0 radical (unpaired) electrons. The Hall–Kier alpha value is -1.31. The number of hydrogen-bond acceptors (Lipinski definition) is 1. The van der Waals surface area contributed by atoms with Gasteiger partial charge in [0.2, 0.25) is 0 Å². The van der Waals surface area contributed by atoms with Gasteiger partial charge in [-0.1, -0.05) is 39.8 Å². The monoisotopic (exact) mass is 234 g/mol. The Morgan fingerprint density at radius 3 is 2.18 bits per heavy atom. The minimum absolute atomic E-state index is 0.438. The van der Waals surface area contributed by atoms with Crippen LogP contribution in [0.5, 0.6) is 0 Å². The molecule has 0 amide bonds. The summed E-state index contributed by atoms with van der Waals surface area (Å²) < 4.78 is 2.15. The van der Waals surface area contributed by atoms with Crippen molar-refractivity contribution in [3.63, 3.8) is 0 Å². The molecule has 0 saturated heterocycles. The van der Waals surface area contributed by atoms with E-state index in [-0.39, 0.29) is 0 Å². The van der Waals surface area contributed by atoms with E-state index in [1.807, 2.05) is 19.9 Å². The first-order valence-electron chi connectivity index (χ1n) is 6.31. The van der Waals surface area contributed by atoms with Crippen molar-refractivity contribution in [1.29, 1.82) is 0 Å². The quantitative estimate of drug-likeness (QED) is 0.745. The van der Waals surface area contributed by atoms with E-state index >= 15 is 0 Å². The largest absolute Gasteiger partial charge is 0.331 e. The highest BCUT2D eigenvalue weighted by Crippen LogP contribution is 2.20. The Kier molecular flexibility index (Phi) is 6.55. The van der Waals surface area contributed by atoms with Crippen LogP contribution in [0.15, 0.2) is 12.2 Å². The van der Waals surface area contributed by atoms with Gasteiger partial charge in [0.25, 0.3) is 0 Å². The first kappa shape index (κ1) is 15.7. The Morgan fingerprint density at radius 1 is 1.29 bits per heavy atom. The number of allylic oxidation sites excluding steroid dienone is 1. The van der Waals surface area contributed by atoms with Gasteiger partial charge in [0.1, 0.15) is 5.82 Å². The SMILES string of the molecule is C=Cc1nc(C(C)C)n(C)c1C=C(C)C.CC. The van der Waals surface area contributed by atoms with Crippen molar-refractivity contribution in [3.05, 3.63) is 29.4 Å². The summed E-state index contributed by atoms with van der Waals surface area (Å²) in [7, 11) is 2.06. The average Bonchev–Trinajstić information content (AvgIpc) is 2.59. The van der Waals surface area contributed by atoms with Crippen LogP contribution in [0.3, 0.4) is 0 Å². The Morgan fingerprint density at radius 2 is 1.82 bits per heavy atom. The molecule has 0 saturated carbocycles. The molecule has 0 aromatic carbocycles. The van der Waals surface area contributed by atoms with E-state index in [0.29, 0.717) is 5.92 Å². The zero-order chi connectivity index (χ0) is 13.6. The molecule has 17 heavy (non-hydrogen) atoms. The third kappa shape index (κ3) is 3.88. The number of nitrogens with zero attached hydrogens (tertiary/aromatic N) is 2. The fraction of sp³-hybridized carbons (Fsp3) is 0.533. The summed E-state index contributed by atoms with van der Waals surface area (Å²) in [4.78, 5) is 4.58. The summed E-state index contributed by atoms with van der Waals surface area (Å²) in [6.07, 6.45) is 3.97. The fourth-order valence-corrected chi connectivity index (χ4v) is 1.66. The van der Waals surface area contributed by atoms with E-state index in [1.165, 1.54) is 5.57 Å². The summed E-state index contributed by atoms with van der Waals surface area (Å²) in [5, 5.41) is 0. The lowest BCUT2D eigenvalue weighted by Crippen LogP contribution is -2.01. The fourth-order valence-electron chi connectivity index (χ4n) is 1.66. The number of aromatic nitrogens is 2. The highest BCUT2D eigenvalue weighted by atomic mass is 15.1. The molecular formula is C15H26N2. The van der Waals surface area contributed by atoms with Crippen LogP contribution in [-0.4, -0.2) is 9.55 Å². The standard InChI is InChI=1S/C13H20N2.C2H6/c1-7-11-12(8-9(2)3)15(6)13(14-11)10(4)5;1-2/h7-8,10H,1H2,2-6H3;1-2H3. The molecule has 1 heterocycles. The molecule has 96 valence electrons. The lowest BCUT2D eigenvalue weighted by Gasteiger charge is -2.06. The summed E-state index contributed by atoms with van der Waals surface area (Å²) >= 11 is 0. The Labute approximate surface area is 106 Å². The van der Waals surface area contributed by atoms with E-state index in [2.05, 4.69) is 56.9 Å². The molecule has 1 rings (SSSR count). The molecule has 0 bridgehead atoms. The number of rotatable bonds is 3. The van der Waals surface area contributed by atoms with Crippen molar-refractivity contribution >= 4 is 12.2 Å². The van der Waals surface area contributed by atoms with E-state index < -0.39 is 0 Å². The van der Waals surface area contributed by atoms with Crippen LogP contribution < -0.4 is 0 Å². The summed E-state index contributed by atoms with van der Waals surface area (Å²) in [6, 6.07) is 0. The first-order valence-corrected chi connectivity index (χ1v) is 6.31. The Bertz CT molecular complexity index is 391. The predicted octanol–water partition coefficient (Wildman–Crippen LogP) is 4.64. The third-order valence-corrected chi connectivity index (χ3v) is 2.34. The van der Waals surface area contributed by atoms with Crippen LogP contribution in [0.2, 0.25) is 0 Å². The molecule has 2 heteroatoms. The predicted molar refractivity (Wildman–Crippen MR) is 78.1 cm³/mol. The second-order valence-corrected chi connectivity index (χ2v) is 4.38. The van der Waals surface area contributed by atoms with Gasteiger partial charge in [-0.05, 0) is 26.0 Å². The highest BCUT2D eigenvalue weighted by Gasteiger charge is 2.12. The van der Waals surface area contributed by atoms with Crippen molar-refractivity contribution < 1.29 is 0 Å². The van der Waals surface area contributed by atoms with E-state index in [0.717, 1.165) is 17.2 Å². The molecule has 0 spiro atoms. The van der Waals surface area contributed by atoms with Crippen LogP contribution in [0.25, 0.3) is 12.2 Å². The second-order valence-electron chi connectivity index (χ2n) is 4.38. The van der Waals surface area contributed by atoms with Gasteiger partial charge >= 0.3 is 0 Å². The van der Waals surface area contributed by atoms with Gasteiger partial charge in [-0.2, -0.15) is 0 Å². The average molecular weight is 234 g/mol. The molecule has 2 nitrogen and oxygen atoms in total. The molecule has 1 aromatic heterocycles. The number of imidazole rings is 1. The van der Waals surface area contributed by atoms with Crippen molar-refractivity contribution in [3.8, 4) is 0 Å². The van der Waals surface area contributed by atoms with E-state index in [4.69, 9.17) is 0 Å². The van der Waals surface area contributed by atoms with Gasteiger partial charge in [0, 0.05) is 13.0 Å². The summed E-state index contributed by atoms with van der Waals surface area (Å²) in [5.74, 6) is 1.55. The topological polar surface area (TPSA) is 17.8 Å². The summed E-state index contributed by atoms with van der Waals surface area (Å²) in [5.41, 5.74) is 3.40. The lowest BCUT2D eigenvalue weighted by molar-refractivity contribution is 0.708. The Balaban J connectivity index is 0.00000121. The molecule has 1 aromatic rings. The molecule has 0 aliphatic rings. The molecule has 0 fully saturated rings. The van der Waals surface area contributed by atoms with Crippen molar-refractivity contribution in [2.75, 3.05) is 0 Å². The molecule has 0 aliphatic carbocycles. The minimum atomic E-state index is 0.438. The van der Waals surface area contributed by atoms with Crippen LogP contribution in [-0.2, 0) is 7.05 Å². The maximum atomic E-state index is 4.58. The van der Waals surface area contributed by atoms with Crippen molar-refractivity contribution in [2.45, 2.75) is 47.5 Å². The maximum absolute atomic E-state index is 4.58. The van der Waals surface area contributed by atoms with Gasteiger partial charge in [-0.15, -0.1) is 0 Å². The third-order valence-electron chi connectivity index (χ3n) is 2.34. The van der Waals surface area contributed by atoms with Crippen molar-refractivity contribution in [2.24, 2.45) is 7.05 Å². The molecule has 0 unspecified atom stereocenters. The van der Waals surface area contributed by atoms with Crippen molar-refractivity contribution in [1.82, 2.24) is 9.55 Å². The molecule has 0 N–H and O–H groups in total. The van der Waals surface area contributed by atoms with Crippen LogP contribution in [0, 0.1) is 0 Å². The highest BCUT2D eigenvalue weighted by molar-refractivity contribution is 5.61. The normalized spacial score (nSPS) is 9.65. The smallest absolute Gasteiger partial charge is 0.112 e. The zero-order valence-electron chi connectivity index (χ0n) is 12.3. The second kappa shape index (κ2) is 7.10.